The number of hydrogen-bond donors (Lipinski definition) is 1. The summed E-state index contributed by atoms with van der Waals surface area (Å²) in [6.45, 7) is 9.03. The summed E-state index contributed by atoms with van der Waals surface area (Å²) >= 11 is 0. The molecule has 0 radical (unpaired) electrons. The molecule has 0 bridgehead atoms. The Morgan fingerprint density at radius 2 is 1.67 bits per heavy atom. The fourth-order valence-corrected chi connectivity index (χ4v) is 1.87. The minimum absolute atomic E-state index is 0.536. The van der Waals surface area contributed by atoms with E-state index in [1.807, 2.05) is 19.9 Å². The average molecular weight is 252 g/mol. The van der Waals surface area contributed by atoms with Crippen molar-refractivity contribution in [2.45, 2.75) is 46.5 Å². The molecule has 1 aromatic rings. The second kappa shape index (κ2) is 7.52. The lowest BCUT2D eigenvalue weighted by atomic mass is 10.0. The molecule has 0 aliphatic heterocycles. The van der Waals surface area contributed by atoms with E-state index in [2.05, 4.69) is 26.0 Å². The molecule has 18 heavy (non-hydrogen) atoms. The summed E-state index contributed by atoms with van der Waals surface area (Å²) in [7, 11) is 0. The lowest BCUT2D eigenvalue weighted by Crippen LogP contribution is -2.33. The predicted molar refractivity (Wildman–Crippen MR) is 72.7 cm³/mol. The third-order valence-corrected chi connectivity index (χ3v) is 2.99. The van der Waals surface area contributed by atoms with Crippen molar-refractivity contribution in [2.24, 2.45) is 0 Å². The maximum Gasteiger partial charge on any atom is 0.183 e. The van der Waals surface area contributed by atoms with Crippen LogP contribution in [0.2, 0.25) is 0 Å². The van der Waals surface area contributed by atoms with Crippen molar-refractivity contribution < 1.29 is 14.6 Å². The van der Waals surface area contributed by atoms with Gasteiger partial charge in [-0.3, -0.25) is 0 Å². The number of aliphatic hydroxyl groups is 1. The molecular formula is C15H24O3. The first-order valence-corrected chi connectivity index (χ1v) is 6.55. The Balaban J connectivity index is 2.66. The summed E-state index contributed by atoms with van der Waals surface area (Å²) in [6, 6.07) is 6.22. The van der Waals surface area contributed by atoms with Crippen molar-refractivity contribution in [2.75, 3.05) is 13.2 Å². The van der Waals surface area contributed by atoms with Crippen molar-refractivity contribution in [1.29, 1.82) is 0 Å². The van der Waals surface area contributed by atoms with Crippen molar-refractivity contribution in [3.63, 3.8) is 0 Å². The zero-order valence-electron chi connectivity index (χ0n) is 11.8. The van der Waals surface area contributed by atoms with Crippen LogP contribution in [0.5, 0.6) is 0 Å². The minimum Gasteiger partial charge on any atom is -0.387 e. The summed E-state index contributed by atoms with van der Waals surface area (Å²) in [5.41, 5.74) is 3.61. The van der Waals surface area contributed by atoms with Crippen LogP contribution in [0.4, 0.5) is 0 Å². The van der Waals surface area contributed by atoms with E-state index >= 15 is 0 Å². The summed E-state index contributed by atoms with van der Waals surface area (Å²) in [6.07, 6.45) is -0.625. The van der Waals surface area contributed by atoms with Gasteiger partial charge in [0.1, 0.15) is 6.10 Å². The van der Waals surface area contributed by atoms with E-state index in [1.165, 1.54) is 11.1 Å². The SMILES string of the molecule is CCOC(OCC)C(O)Cc1ccc(C)c(C)c1. The molecule has 0 aliphatic carbocycles. The lowest BCUT2D eigenvalue weighted by molar-refractivity contribution is -0.188. The molecule has 0 aliphatic rings. The summed E-state index contributed by atoms with van der Waals surface area (Å²) in [4.78, 5) is 0. The third-order valence-electron chi connectivity index (χ3n) is 2.99. The van der Waals surface area contributed by atoms with Gasteiger partial charge in [-0.05, 0) is 44.4 Å². The van der Waals surface area contributed by atoms with Crippen molar-refractivity contribution >= 4 is 0 Å². The van der Waals surface area contributed by atoms with Crippen molar-refractivity contribution in [1.82, 2.24) is 0 Å². The topological polar surface area (TPSA) is 38.7 Å². The van der Waals surface area contributed by atoms with Crippen LogP contribution in [-0.2, 0) is 15.9 Å². The number of rotatable bonds is 7. The molecule has 0 saturated heterocycles. The van der Waals surface area contributed by atoms with E-state index in [-0.39, 0.29) is 0 Å². The highest BCUT2D eigenvalue weighted by molar-refractivity contribution is 5.30. The van der Waals surface area contributed by atoms with Crippen LogP contribution in [-0.4, -0.2) is 30.7 Å². The second-order valence-electron chi connectivity index (χ2n) is 4.47. The standard InChI is InChI=1S/C15H24O3/c1-5-17-15(18-6-2)14(16)10-13-8-7-11(3)12(4)9-13/h7-9,14-16H,5-6,10H2,1-4H3. The van der Waals surface area contributed by atoms with E-state index in [1.54, 1.807) is 0 Å². The van der Waals surface area contributed by atoms with E-state index in [0.29, 0.717) is 19.6 Å². The summed E-state index contributed by atoms with van der Waals surface area (Å²) in [5.74, 6) is 0. The quantitative estimate of drug-likeness (QED) is 0.758. The van der Waals surface area contributed by atoms with Crippen LogP contribution in [0.1, 0.15) is 30.5 Å². The molecule has 1 rings (SSSR count). The highest BCUT2D eigenvalue weighted by atomic mass is 16.7. The van der Waals surface area contributed by atoms with Gasteiger partial charge in [0, 0.05) is 19.6 Å². The van der Waals surface area contributed by atoms with Gasteiger partial charge in [0.2, 0.25) is 0 Å². The van der Waals surface area contributed by atoms with Crippen LogP contribution in [0.25, 0.3) is 0 Å². The monoisotopic (exact) mass is 252 g/mol. The first-order chi connectivity index (χ1) is 8.58. The van der Waals surface area contributed by atoms with Gasteiger partial charge in [0.15, 0.2) is 6.29 Å². The van der Waals surface area contributed by atoms with Gasteiger partial charge >= 0.3 is 0 Å². The minimum atomic E-state index is -0.632. The smallest absolute Gasteiger partial charge is 0.183 e. The van der Waals surface area contributed by atoms with Gasteiger partial charge in [-0.15, -0.1) is 0 Å². The highest BCUT2D eigenvalue weighted by Crippen LogP contribution is 2.14. The largest absolute Gasteiger partial charge is 0.387 e. The first kappa shape index (κ1) is 15.2. The first-order valence-electron chi connectivity index (χ1n) is 6.55. The lowest BCUT2D eigenvalue weighted by Gasteiger charge is -2.22. The van der Waals surface area contributed by atoms with Gasteiger partial charge in [-0.2, -0.15) is 0 Å². The Bertz CT molecular complexity index is 357. The molecule has 1 unspecified atom stereocenters. The fraction of sp³-hybridized carbons (Fsp3) is 0.600. The van der Waals surface area contributed by atoms with E-state index in [0.717, 1.165) is 5.56 Å². The molecule has 0 fully saturated rings. The number of hydrogen-bond acceptors (Lipinski definition) is 3. The highest BCUT2D eigenvalue weighted by Gasteiger charge is 2.20. The molecule has 0 saturated carbocycles. The van der Waals surface area contributed by atoms with Crippen LogP contribution in [0, 0.1) is 13.8 Å². The molecule has 3 heteroatoms. The molecule has 0 amide bonds. The molecule has 1 aromatic carbocycles. The second-order valence-corrected chi connectivity index (χ2v) is 4.47. The van der Waals surface area contributed by atoms with Gasteiger partial charge < -0.3 is 14.6 Å². The summed E-state index contributed by atoms with van der Waals surface area (Å²) in [5, 5.41) is 10.1. The van der Waals surface area contributed by atoms with E-state index in [4.69, 9.17) is 9.47 Å². The predicted octanol–water partition coefficient (Wildman–Crippen LogP) is 2.61. The van der Waals surface area contributed by atoms with Crippen LogP contribution >= 0.6 is 0 Å². The number of ether oxygens (including phenoxy) is 2. The van der Waals surface area contributed by atoms with Crippen molar-refractivity contribution in [3.05, 3.63) is 34.9 Å². The molecule has 0 heterocycles. The normalized spacial score (nSPS) is 13.0. The zero-order valence-corrected chi connectivity index (χ0v) is 11.8. The Morgan fingerprint density at radius 3 is 2.17 bits per heavy atom. The van der Waals surface area contributed by atoms with Gasteiger partial charge in [-0.25, -0.2) is 0 Å². The molecule has 1 atom stereocenters. The maximum atomic E-state index is 10.1. The van der Waals surface area contributed by atoms with Gasteiger partial charge in [0.25, 0.3) is 0 Å². The number of benzene rings is 1. The van der Waals surface area contributed by atoms with E-state index in [9.17, 15) is 5.11 Å². The summed E-state index contributed by atoms with van der Waals surface area (Å²) < 4.78 is 10.8. The maximum absolute atomic E-state index is 10.1. The molecule has 0 aromatic heterocycles. The van der Waals surface area contributed by atoms with Crippen LogP contribution in [0.15, 0.2) is 18.2 Å². The third kappa shape index (κ3) is 4.41. The molecule has 0 spiro atoms. The molecule has 3 nitrogen and oxygen atoms in total. The zero-order chi connectivity index (χ0) is 13.5. The number of aryl methyl sites for hydroxylation is 2. The Kier molecular flexibility index (Phi) is 6.33. The Morgan fingerprint density at radius 1 is 1.06 bits per heavy atom. The molecule has 102 valence electrons. The van der Waals surface area contributed by atoms with Crippen LogP contribution < -0.4 is 0 Å². The molecule has 1 N–H and O–H groups in total. The Hall–Kier alpha value is -0.900. The van der Waals surface area contributed by atoms with E-state index < -0.39 is 12.4 Å². The average Bonchev–Trinajstić information content (AvgIpc) is 2.33. The van der Waals surface area contributed by atoms with Gasteiger partial charge in [0.05, 0.1) is 0 Å². The van der Waals surface area contributed by atoms with Gasteiger partial charge in [-0.1, -0.05) is 18.2 Å². The Labute approximate surface area is 110 Å². The van der Waals surface area contributed by atoms with Crippen molar-refractivity contribution in [3.8, 4) is 0 Å². The number of aliphatic hydroxyl groups excluding tert-OH is 1. The fourth-order valence-electron chi connectivity index (χ4n) is 1.87. The van der Waals surface area contributed by atoms with Crippen LogP contribution in [0.3, 0.4) is 0 Å². The molecular weight excluding hydrogens is 228 g/mol.